The molecule has 1 fully saturated rings. The molecule has 0 radical (unpaired) electrons. The molecule has 4 heteroatoms. The van der Waals surface area contributed by atoms with E-state index in [-0.39, 0.29) is 12.1 Å². The summed E-state index contributed by atoms with van der Waals surface area (Å²) in [6, 6.07) is 10.1. The minimum atomic E-state index is -0.347. The maximum absolute atomic E-state index is 10.2. The molecule has 0 spiro atoms. The number of carbonyl (C=O) groups excluding carboxylic acids is 1. The summed E-state index contributed by atoms with van der Waals surface area (Å²) >= 11 is 0. The van der Waals surface area contributed by atoms with E-state index >= 15 is 0 Å². The maximum atomic E-state index is 10.2. The van der Waals surface area contributed by atoms with Crippen LogP contribution >= 0.6 is 0 Å². The summed E-state index contributed by atoms with van der Waals surface area (Å²) in [5, 5.41) is 0. The zero-order valence-corrected chi connectivity index (χ0v) is 12.6. The SMILES string of the molecule is C=C(C)C(=O)OC.C=CC(OCC1CO1)c1ccccc1. The molecule has 0 amide bonds. The van der Waals surface area contributed by atoms with Crippen LogP contribution in [-0.2, 0) is 19.0 Å². The van der Waals surface area contributed by atoms with Gasteiger partial charge in [-0.05, 0) is 12.5 Å². The van der Waals surface area contributed by atoms with E-state index in [1.54, 1.807) is 6.92 Å². The Morgan fingerprint density at radius 1 is 1.48 bits per heavy atom. The van der Waals surface area contributed by atoms with Gasteiger partial charge in [-0.15, -0.1) is 6.58 Å². The molecule has 1 aromatic rings. The van der Waals surface area contributed by atoms with Gasteiger partial charge in [0.1, 0.15) is 12.2 Å². The van der Waals surface area contributed by atoms with Crippen LogP contribution in [0, 0.1) is 0 Å². The Hall–Kier alpha value is -1.91. The average molecular weight is 290 g/mol. The summed E-state index contributed by atoms with van der Waals surface area (Å²) < 4.78 is 15.0. The molecule has 0 N–H and O–H groups in total. The van der Waals surface area contributed by atoms with Crippen molar-refractivity contribution >= 4 is 5.97 Å². The summed E-state index contributed by atoms with van der Waals surface area (Å²) in [5.41, 5.74) is 1.57. The van der Waals surface area contributed by atoms with Crippen molar-refractivity contribution in [2.24, 2.45) is 0 Å². The Labute approximate surface area is 126 Å². The third-order valence-electron chi connectivity index (χ3n) is 2.74. The van der Waals surface area contributed by atoms with Crippen molar-refractivity contribution in [3.8, 4) is 0 Å². The molecule has 1 aliphatic rings. The van der Waals surface area contributed by atoms with Crippen LogP contribution in [0.4, 0.5) is 0 Å². The Morgan fingerprint density at radius 2 is 2.10 bits per heavy atom. The largest absolute Gasteiger partial charge is 0.466 e. The number of rotatable bonds is 6. The zero-order valence-electron chi connectivity index (χ0n) is 12.6. The Morgan fingerprint density at radius 3 is 2.48 bits per heavy atom. The number of carbonyl (C=O) groups is 1. The number of epoxide rings is 1. The summed E-state index contributed by atoms with van der Waals surface area (Å²) in [6.07, 6.45) is 2.11. The second kappa shape index (κ2) is 9.10. The summed E-state index contributed by atoms with van der Waals surface area (Å²) in [5.74, 6) is -0.347. The molecule has 0 aliphatic carbocycles. The van der Waals surface area contributed by atoms with Crippen molar-refractivity contribution in [3.63, 3.8) is 0 Å². The second-order valence-corrected chi connectivity index (χ2v) is 4.63. The second-order valence-electron chi connectivity index (χ2n) is 4.63. The van der Waals surface area contributed by atoms with Crippen molar-refractivity contribution in [3.05, 3.63) is 60.7 Å². The number of methoxy groups -OCH3 is 1. The van der Waals surface area contributed by atoms with E-state index in [2.05, 4.69) is 17.9 Å². The van der Waals surface area contributed by atoms with E-state index in [9.17, 15) is 4.79 Å². The first kappa shape index (κ1) is 17.1. The molecular formula is C17H22O4. The van der Waals surface area contributed by atoms with Gasteiger partial charge in [0.2, 0.25) is 0 Å². The summed E-state index contributed by atoms with van der Waals surface area (Å²) in [6.45, 7) is 10.2. The van der Waals surface area contributed by atoms with Crippen molar-refractivity contribution in [2.75, 3.05) is 20.3 Å². The number of esters is 1. The van der Waals surface area contributed by atoms with E-state index in [0.717, 1.165) is 12.2 Å². The summed E-state index contributed by atoms with van der Waals surface area (Å²) in [7, 11) is 1.33. The van der Waals surface area contributed by atoms with Gasteiger partial charge in [0.05, 0.1) is 20.3 Å². The zero-order chi connectivity index (χ0) is 15.7. The molecule has 1 saturated heterocycles. The normalized spacial score (nSPS) is 17.0. The highest BCUT2D eigenvalue weighted by Gasteiger charge is 2.23. The first-order valence-corrected chi connectivity index (χ1v) is 6.73. The molecule has 114 valence electrons. The summed E-state index contributed by atoms with van der Waals surface area (Å²) in [4.78, 5) is 10.2. The monoisotopic (exact) mass is 290 g/mol. The van der Waals surface area contributed by atoms with Gasteiger partial charge in [-0.25, -0.2) is 4.79 Å². The molecule has 1 aromatic carbocycles. The quantitative estimate of drug-likeness (QED) is 0.350. The van der Waals surface area contributed by atoms with Gasteiger partial charge in [0.15, 0.2) is 0 Å². The van der Waals surface area contributed by atoms with Crippen molar-refractivity contribution < 1.29 is 19.0 Å². The molecule has 4 nitrogen and oxygen atoms in total. The lowest BCUT2D eigenvalue weighted by atomic mass is 10.1. The number of ether oxygens (including phenoxy) is 3. The van der Waals surface area contributed by atoms with Crippen LogP contribution < -0.4 is 0 Å². The third-order valence-corrected chi connectivity index (χ3v) is 2.74. The lowest BCUT2D eigenvalue weighted by Crippen LogP contribution is -2.06. The lowest BCUT2D eigenvalue weighted by molar-refractivity contribution is -0.136. The van der Waals surface area contributed by atoms with Crippen LogP contribution in [0.15, 0.2) is 55.1 Å². The van der Waals surface area contributed by atoms with Gasteiger partial charge in [0, 0.05) is 5.57 Å². The molecule has 1 heterocycles. The van der Waals surface area contributed by atoms with Gasteiger partial charge >= 0.3 is 5.97 Å². The maximum Gasteiger partial charge on any atom is 0.332 e. The number of hydrogen-bond acceptors (Lipinski definition) is 4. The van der Waals surface area contributed by atoms with Crippen LogP contribution in [0.3, 0.4) is 0 Å². The fraction of sp³-hybridized carbons (Fsp3) is 0.353. The molecule has 2 rings (SSSR count). The van der Waals surface area contributed by atoms with Crippen molar-refractivity contribution in [1.29, 1.82) is 0 Å². The van der Waals surface area contributed by atoms with Crippen LogP contribution in [0.5, 0.6) is 0 Å². The molecular weight excluding hydrogens is 268 g/mol. The number of benzene rings is 1. The van der Waals surface area contributed by atoms with Gasteiger partial charge in [0.25, 0.3) is 0 Å². The fourth-order valence-corrected chi connectivity index (χ4v) is 1.49. The molecule has 21 heavy (non-hydrogen) atoms. The van der Waals surface area contributed by atoms with Crippen LogP contribution in [0.2, 0.25) is 0 Å². The third kappa shape index (κ3) is 6.88. The van der Waals surface area contributed by atoms with Crippen LogP contribution in [0.25, 0.3) is 0 Å². The van der Waals surface area contributed by atoms with E-state index in [1.165, 1.54) is 7.11 Å². The van der Waals surface area contributed by atoms with E-state index < -0.39 is 0 Å². The van der Waals surface area contributed by atoms with Crippen molar-refractivity contribution in [1.82, 2.24) is 0 Å². The Kier molecular flexibility index (Phi) is 7.43. The topological polar surface area (TPSA) is 48.1 Å². The molecule has 0 aromatic heterocycles. The molecule has 1 aliphatic heterocycles. The minimum Gasteiger partial charge on any atom is -0.466 e. The van der Waals surface area contributed by atoms with E-state index in [0.29, 0.717) is 18.3 Å². The predicted molar refractivity (Wildman–Crippen MR) is 81.9 cm³/mol. The van der Waals surface area contributed by atoms with Crippen LogP contribution in [0.1, 0.15) is 18.6 Å². The molecule has 2 atom stereocenters. The van der Waals surface area contributed by atoms with Crippen LogP contribution in [-0.4, -0.2) is 32.4 Å². The van der Waals surface area contributed by atoms with Gasteiger partial charge in [-0.1, -0.05) is 43.0 Å². The highest BCUT2D eigenvalue weighted by molar-refractivity contribution is 5.86. The Balaban J connectivity index is 0.000000270. The molecule has 2 unspecified atom stereocenters. The first-order chi connectivity index (χ1) is 10.1. The van der Waals surface area contributed by atoms with E-state index in [1.807, 2.05) is 36.4 Å². The van der Waals surface area contributed by atoms with E-state index in [4.69, 9.17) is 9.47 Å². The standard InChI is InChI=1S/C12H14O2.C5H8O2/c1-2-12(14-9-11-8-13-11)10-6-4-3-5-7-10;1-4(2)5(6)7-3/h2-7,11-12H,1,8-9H2;1H2,2-3H3. The molecule has 0 bridgehead atoms. The lowest BCUT2D eigenvalue weighted by Gasteiger charge is -2.13. The average Bonchev–Trinajstić information content (AvgIpc) is 3.33. The first-order valence-electron chi connectivity index (χ1n) is 6.73. The highest BCUT2D eigenvalue weighted by atomic mass is 16.6. The minimum absolute atomic E-state index is 0.0135. The number of hydrogen-bond donors (Lipinski definition) is 0. The smallest absolute Gasteiger partial charge is 0.332 e. The molecule has 0 saturated carbocycles. The fourth-order valence-electron chi connectivity index (χ4n) is 1.49. The van der Waals surface area contributed by atoms with Gasteiger partial charge in [-0.2, -0.15) is 0 Å². The van der Waals surface area contributed by atoms with Gasteiger partial charge in [-0.3, -0.25) is 0 Å². The van der Waals surface area contributed by atoms with Crippen molar-refractivity contribution in [2.45, 2.75) is 19.1 Å². The predicted octanol–water partition coefficient (Wildman–Crippen LogP) is 3.06. The Bertz CT molecular complexity index is 463. The van der Waals surface area contributed by atoms with Gasteiger partial charge < -0.3 is 14.2 Å². The highest BCUT2D eigenvalue weighted by Crippen LogP contribution is 2.20.